The number of terminal acetylenes is 1. The van der Waals surface area contributed by atoms with Gasteiger partial charge in [-0.3, -0.25) is 14.4 Å². The first kappa shape index (κ1) is 37.5. The molecule has 9 rings (SSSR count). The summed E-state index contributed by atoms with van der Waals surface area (Å²) in [5.41, 5.74) is 0.507. The van der Waals surface area contributed by atoms with Crippen molar-refractivity contribution in [1.29, 1.82) is 0 Å². The summed E-state index contributed by atoms with van der Waals surface area (Å²) in [6, 6.07) is 6.03. The second-order valence-corrected chi connectivity index (χ2v) is 16.8. The first-order valence-electron chi connectivity index (χ1n) is 19.8. The van der Waals surface area contributed by atoms with Crippen LogP contribution in [0.1, 0.15) is 37.7 Å². The number of rotatable bonds is 12. The fraction of sp³-hybridized carbons (Fsp3) is 0.488. The van der Waals surface area contributed by atoms with Crippen LogP contribution in [0.4, 0.5) is 14.6 Å². The lowest BCUT2D eigenvalue weighted by molar-refractivity contribution is -0.138. The van der Waals surface area contributed by atoms with E-state index in [1.54, 1.807) is 37.8 Å². The molecule has 5 aromatic rings. The monoisotopic (exact) mass is 778 g/mol. The summed E-state index contributed by atoms with van der Waals surface area (Å²) in [6.45, 7) is 5.90. The normalized spacial score (nSPS) is 20.7. The highest BCUT2D eigenvalue weighted by Crippen LogP contribution is 2.49. The number of benzene rings is 3. The number of methoxy groups -OCH3 is 1. The van der Waals surface area contributed by atoms with Crippen LogP contribution in [0.2, 0.25) is 0 Å². The van der Waals surface area contributed by atoms with Crippen LogP contribution in [-0.2, 0) is 16.6 Å². The van der Waals surface area contributed by atoms with E-state index >= 15 is 8.78 Å². The second-order valence-electron chi connectivity index (χ2n) is 16.8. The number of aryl methyl sites for hydroxylation is 1. The average molecular weight is 779 g/mol. The number of halogens is 2. The van der Waals surface area contributed by atoms with Gasteiger partial charge in [-0.05, 0) is 61.3 Å². The van der Waals surface area contributed by atoms with Gasteiger partial charge in [0.2, 0.25) is 5.91 Å². The highest BCUT2D eigenvalue weighted by molar-refractivity contribution is 6.18. The lowest BCUT2D eigenvalue weighted by Crippen LogP contribution is -2.55. The number of nitrogens with zero attached hydrogens (tertiary/aromatic N) is 8. The molecule has 4 aliphatic rings. The third-order valence-corrected chi connectivity index (χ3v) is 12.5. The van der Waals surface area contributed by atoms with Gasteiger partial charge >= 0.3 is 6.01 Å². The number of hydrogen-bond acceptors (Lipinski definition) is 10. The molecule has 0 spiro atoms. The first-order valence-corrected chi connectivity index (χ1v) is 19.8. The number of carbonyl (C=O) groups excluding carboxylic acids is 1. The van der Waals surface area contributed by atoms with Gasteiger partial charge in [0.15, 0.2) is 5.82 Å². The van der Waals surface area contributed by atoms with Crippen LogP contribution in [-0.4, -0.2) is 131 Å². The minimum Gasteiger partial charge on any atom is -0.508 e. The highest BCUT2D eigenvalue weighted by Gasteiger charge is 2.48. The molecule has 12 nitrogen and oxygen atoms in total. The summed E-state index contributed by atoms with van der Waals surface area (Å²) in [4.78, 5) is 31.2. The molecule has 2 bridgehead atoms. The summed E-state index contributed by atoms with van der Waals surface area (Å²) < 4.78 is 46.6. The van der Waals surface area contributed by atoms with Gasteiger partial charge in [-0.25, -0.2) is 8.78 Å². The van der Waals surface area contributed by atoms with E-state index in [2.05, 4.69) is 20.6 Å². The number of anilines is 1. The SMILES string of the molecule is C#Cc1c(F)ccc2cc(O)cc(-c3c(F)c4nc(OCC5(CN6CC(C(=O)N(C)C)C6)CC5)nc(N5[C@@H]6CC[C@H]5CN(CCCOC)C6)c4c4cn(C)nc34)c12. The molecular weight excluding hydrogens is 731 g/mol. The summed E-state index contributed by atoms with van der Waals surface area (Å²) in [5.74, 6) is 1.79. The fourth-order valence-corrected chi connectivity index (χ4v) is 9.56. The van der Waals surface area contributed by atoms with Crippen molar-refractivity contribution in [1.82, 2.24) is 34.4 Å². The number of phenols is 1. The summed E-state index contributed by atoms with van der Waals surface area (Å²) >= 11 is 0. The van der Waals surface area contributed by atoms with E-state index in [4.69, 9.17) is 31.0 Å². The topological polar surface area (TPSA) is 112 Å². The molecule has 1 saturated carbocycles. The number of aromatic nitrogens is 4. The van der Waals surface area contributed by atoms with Crippen LogP contribution in [0, 0.1) is 35.3 Å². The summed E-state index contributed by atoms with van der Waals surface area (Å²) in [5, 5.41) is 17.6. The Morgan fingerprint density at radius 2 is 1.81 bits per heavy atom. The second kappa shape index (κ2) is 14.4. The number of ether oxygens (including phenoxy) is 2. The third-order valence-electron chi connectivity index (χ3n) is 12.5. The quantitative estimate of drug-likeness (QED) is 0.135. The number of likely N-dealkylation sites (tertiary alicyclic amines) is 2. The average Bonchev–Trinajstić information content (AvgIpc) is 3.75. The van der Waals surface area contributed by atoms with Gasteiger partial charge in [0.25, 0.3) is 0 Å². The highest BCUT2D eigenvalue weighted by atomic mass is 19.1. The predicted octanol–water partition coefficient (Wildman–Crippen LogP) is 5.17. The van der Waals surface area contributed by atoms with Gasteiger partial charge in [-0.2, -0.15) is 15.1 Å². The van der Waals surface area contributed by atoms with E-state index in [1.807, 2.05) is 6.20 Å². The Morgan fingerprint density at radius 1 is 1.05 bits per heavy atom. The smallest absolute Gasteiger partial charge is 0.319 e. The van der Waals surface area contributed by atoms with Crippen molar-refractivity contribution in [3.05, 3.63) is 47.7 Å². The van der Waals surface area contributed by atoms with Crippen molar-refractivity contribution >= 4 is 44.3 Å². The molecule has 14 heteroatoms. The molecule has 4 fully saturated rings. The molecule has 1 N–H and O–H groups in total. The van der Waals surface area contributed by atoms with Gasteiger partial charge < -0.3 is 29.3 Å². The Morgan fingerprint density at radius 3 is 2.49 bits per heavy atom. The fourth-order valence-electron chi connectivity index (χ4n) is 9.56. The van der Waals surface area contributed by atoms with Crippen LogP contribution >= 0.6 is 0 Å². The van der Waals surface area contributed by atoms with Crippen molar-refractivity contribution < 1.29 is 28.2 Å². The van der Waals surface area contributed by atoms with Crippen molar-refractivity contribution in [3.63, 3.8) is 0 Å². The summed E-state index contributed by atoms with van der Waals surface area (Å²) in [6.07, 6.45) is 12.5. The van der Waals surface area contributed by atoms with E-state index < -0.39 is 11.6 Å². The number of hydrogen-bond donors (Lipinski definition) is 1. The lowest BCUT2D eigenvalue weighted by Gasteiger charge is -2.42. The predicted molar refractivity (Wildman–Crippen MR) is 214 cm³/mol. The van der Waals surface area contributed by atoms with Crippen molar-refractivity contribution in [2.45, 2.75) is 44.2 Å². The number of carbonyl (C=O) groups is 1. The Hall–Kier alpha value is -5.10. The van der Waals surface area contributed by atoms with E-state index in [0.29, 0.717) is 46.1 Å². The maximum atomic E-state index is 17.8. The zero-order valence-corrected chi connectivity index (χ0v) is 32.9. The van der Waals surface area contributed by atoms with Crippen LogP contribution < -0.4 is 9.64 Å². The number of phenolic OH excluding ortho intramolecular Hbond substituents is 1. The van der Waals surface area contributed by atoms with Gasteiger partial charge in [-0.1, -0.05) is 12.0 Å². The maximum Gasteiger partial charge on any atom is 0.319 e. The molecule has 1 aliphatic carbocycles. The van der Waals surface area contributed by atoms with Gasteiger partial charge in [0, 0.05) is 114 Å². The largest absolute Gasteiger partial charge is 0.508 e. The molecule has 298 valence electrons. The number of piperazine rings is 1. The maximum absolute atomic E-state index is 17.8. The molecule has 0 unspecified atom stereocenters. The molecule has 5 heterocycles. The van der Waals surface area contributed by atoms with Crippen LogP contribution in [0.15, 0.2) is 30.5 Å². The van der Waals surface area contributed by atoms with Crippen LogP contribution in [0.25, 0.3) is 43.7 Å². The zero-order chi connectivity index (χ0) is 39.7. The summed E-state index contributed by atoms with van der Waals surface area (Å²) in [7, 11) is 7.07. The lowest BCUT2D eigenvalue weighted by atomic mass is 9.91. The third kappa shape index (κ3) is 6.59. The Bertz CT molecular complexity index is 2440. The number of aromatic hydroxyl groups is 1. The molecule has 3 aromatic carbocycles. The van der Waals surface area contributed by atoms with Gasteiger partial charge in [0.1, 0.15) is 28.4 Å². The standard InChI is InChI=1S/C43H48F2N8O4/c1-6-30-33(44)11-8-25-16-29(54)17-31(34(25)30)35-37(45)39-36(32-22-50(4)48-38(32)35)40(53-27-9-10-28(53)21-51(20-27)14-7-15-56-5)47-42(46-39)57-24-43(12-13-43)23-52-18-26(19-52)41(55)49(2)3/h1,8,11,16-17,22,26-28,54H,7,9-10,12-15,18-21,23-24H2,2-5H3/t27-,28+. The Labute approximate surface area is 330 Å². The number of amides is 1. The van der Waals surface area contributed by atoms with Gasteiger partial charge in [0.05, 0.1) is 23.5 Å². The molecule has 2 aromatic heterocycles. The first-order chi connectivity index (χ1) is 27.5. The van der Waals surface area contributed by atoms with E-state index in [0.717, 1.165) is 71.4 Å². The molecule has 3 aliphatic heterocycles. The molecule has 0 radical (unpaired) electrons. The molecule has 1 amide bonds. The minimum absolute atomic E-state index is 0.0113. The van der Waals surface area contributed by atoms with E-state index in [1.165, 1.54) is 24.3 Å². The number of fused-ring (bicyclic) bond motifs is 6. The van der Waals surface area contributed by atoms with Crippen molar-refractivity contribution in [2.75, 3.05) is 78.6 Å². The molecule has 2 atom stereocenters. The van der Waals surface area contributed by atoms with Gasteiger partial charge in [-0.15, -0.1) is 6.42 Å². The molecule has 57 heavy (non-hydrogen) atoms. The minimum atomic E-state index is -0.687. The van der Waals surface area contributed by atoms with Crippen molar-refractivity contribution in [2.24, 2.45) is 18.4 Å². The van der Waals surface area contributed by atoms with Crippen molar-refractivity contribution in [3.8, 4) is 35.2 Å². The Balaban J connectivity index is 1.16. The Kier molecular flexibility index (Phi) is 9.45. The van der Waals surface area contributed by atoms with E-state index in [9.17, 15) is 9.90 Å². The molecule has 3 saturated heterocycles. The van der Waals surface area contributed by atoms with Crippen LogP contribution in [0.5, 0.6) is 11.8 Å². The zero-order valence-electron chi connectivity index (χ0n) is 32.9. The van der Waals surface area contributed by atoms with E-state index in [-0.39, 0.29) is 63.3 Å². The molecular formula is C43H48F2N8O4. The van der Waals surface area contributed by atoms with Crippen LogP contribution in [0.3, 0.4) is 0 Å².